The predicted molar refractivity (Wildman–Crippen MR) is 81.7 cm³/mol. The molecule has 2 aromatic carbocycles. The van der Waals surface area contributed by atoms with Gasteiger partial charge in [-0.05, 0) is 50.1 Å². The van der Waals surface area contributed by atoms with E-state index in [1.54, 1.807) is 18.2 Å². The number of hydrogen-bond donors (Lipinski definition) is 2. The Kier molecular flexibility index (Phi) is 4.96. The second-order valence-corrected chi connectivity index (χ2v) is 5.72. The standard InChI is InChI=1S/C14H12Br2FNO/c15-10-5-3-6-11(16)14(10)18-8-13(19)9-4-1-2-7-12(9)17/h1-7,13,18-19H,8H2. The number of aliphatic hydroxyl groups excluding tert-OH is 1. The van der Waals surface area contributed by atoms with Gasteiger partial charge in [-0.3, -0.25) is 0 Å². The molecular weight excluding hydrogens is 377 g/mol. The van der Waals surface area contributed by atoms with E-state index in [0.717, 1.165) is 14.6 Å². The molecule has 2 aromatic rings. The van der Waals surface area contributed by atoms with Crippen molar-refractivity contribution in [1.29, 1.82) is 0 Å². The number of anilines is 1. The number of para-hydroxylation sites is 1. The third-order valence-corrected chi connectivity index (χ3v) is 4.02. The number of rotatable bonds is 4. The van der Waals surface area contributed by atoms with Crippen LogP contribution >= 0.6 is 31.9 Å². The normalized spacial score (nSPS) is 12.2. The molecule has 2 nitrogen and oxygen atoms in total. The monoisotopic (exact) mass is 387 g/mol. The molecule has 2 rings (SSSR count). The fourth-order valence-electron chi connectivity index (χ4n) is 1.72. The van der Waals surface area contributed by atoms with E-state index >= 15 is 0 Å². The Bertz CT molecular complexity index is 557. The number of nitrogens with one attached hydrogen (secondary N) is 1. The second kappa shape index (κ2) is 6.50. The topological polar surface area (TPSA) is 32.3 Å². The van der Waals surface area contributed by atoms with Crippen LogP contribution in [0.3, 0.4) is 0 Å². The van der Waals surface area contributed by atoms with Gasteiger partial charge in [0.15, 0.2) is 0 Å². The molecule has 100 valence electrons. The quantitative estimate of drug-likeness (QED) is 0.808. The minimum Gasteiger partial charge on any atom is -0.386 e. The molecule has 0 aliphatic carbocycles. The third-order valence-electron chi connectivity index (χ3n) is 2.70. The van der Waals surface area contributed by atoms with Crippen LogP contribution in [-0.4, -0.2) is 11.7 Å². The van der Waals surface area contributed by atoms with E-state index < -0.39 is 11.9 Å². The van der Waals surface area contributed by atoms with Crippen LogP contribution in [-0.2, 0) is 0 Å². The van der Waals surface area contributed by atoms with Crippen LogP contribution in [0.25, 0.3) is 0 Å². The van der Waals surface area contributed by atoms with Gasteiger partial charge in [0, 0.05) is 21.1 Å². The molecule has 0 radical (unpaired) electrons. The van der Waals surface area contributed by atoms with Gasteiger partial charge in [-0.1, -0.05) is 24.3 Å². The Morgan fingerprint density at radius 2 is 1.68 bits per heavy atom. The lowest BCUT2D eigenvalue weighted by atomic mass is 10.1. The van der Waals surface area contributed by atoms with E-state index in [2.05, 4.69) is 37.2 Å². The van der Waals surface area contributed by atoms with Crippen molar-refractivity contribution in [2.75, 3.05) is 11.9 Å². The van der Waals surface area contributed by atoms with Crippen molar-refractivity contribution in [3.63, 3.8) is 0 Å². The Labute approximate surface area is 127 Å². The number of benzene rings is 2. The molecule has 0 heterocycles. The molecule has 0 fully saturated rings. The summed E-state index contributed by atoms with van der Waals surface area (Å²) in [5, 5.41) is 13.1. The maximum absolute atomic E-state index is 13.5. The molecule has 5 heteroatoms. The SMILES string of the molecule is OC(CNc1c(Br)cccc1Br)c1ccccc1F. The van der Waals surface area contributed by atoms with Crippen LogP contribution in [0.1, 0.15) is 11.7 Å². The number of hydrogen-bond acceptors (Lipinski definition) is 2. The fourth-order valence-corrected chi connectivity index (χ4v) is 3.00. The van der Waals surface area contributed by atoms with Gasteiger partial charge in [0.1, 0.15) is 5.82 Å². The smallest absolute Gasteiger partial charge is 0.129 e. The van der Waals surface area contributed by atoms with Gasteiger partial charge in [0.25, 0.3) is 0 Å². The largest absolute Gasteiger partial charge is 0.386 e. The van der Waals surface area contributed by atoms with Crippen LogP contribution in [0.4, 0.5) is 10.1 Å². The van der Waals surface area contributed by atoms with E-state index in [0.29, 0.717) is 0 Å². The van der Waals surface area contributed by atoms with Crippen LogP contribution in [0.2, 0.25) is 0 Å². The summed E-state index contributed by atoms with van der Waals surface area (Å²) < 4.78 is 15.3. The third kappa shape index (κ3) is 3.55. The summed E-state index contributed by atoms with van der Waals surface area (Å²) in [6.45, 7) is 0.224. The number of halogens is 3. The van der Waals surface area contributed by atoms with E-state index in [9.17, 15) is 9.50 Å². The Hall–Kier alpha value is -0.910. The van der Waals surface area contributed by atoms with Crippen LogP contribution < -0.4 is 5.32 Å². The Morgan fingerprint density at radius 1 is 1.05 bits per heavy atom. The Balaban J connectivity index is 2.09. The molecule has 1 unspecified atom stereocenters. The van der Waals surface area contributed by atoms with E-state index in [4.69, 9.17) is 0 Å². The highest BCUT2D eigenvalue weighted by Crippen LogP contribution is 2.31. The van der Waals surface area contributed by atoms with Crippen molar-refractivity contribution in [2.45, 2.75) is 6.10 Å². The molecule has 19 heavy (non-hydrogen) atoms. The summed E-state index contributed by atoms with van der Waals surface area (Å²) in [4.78, 5) is 0. The molecule has 2 N–H and O–H groups in total. The van der Waals surface area contributed by atoms with E-state index in [1.807, 2.05) is 18.2 Å². The van der Waals surface area contributed by atoms with Crippen molar-refractivity contribution in [3.05, 3.63) is 62.8 Å². The summed E-state index contributed by atoms with van der Waals surface area (Å²) in [6, 6.07) is 11.9. The highest BCUT2D eigenvalue weighted by molar-refractivity contribution is 9.11. The zero-order valence-corrected chi connectivity index (χ0v) is 13.1. The molecule has 0 aromatic heterocycles. The maximum atomic E-state index is 13.5. The zero-order valence-electron chi connectivity index (χ0n) is 9.91. The van der Waals surface area contributed by atoms with Gasteiger partial charge in [-0.15, -0.1) is 0 Å². The lowest BCUT2D eigenvalue weighted by Gasteiger charge is -2.15. The van der Waals surface area contributed by atoms with E-state index in [1.165, 1.54) is 6.07 Å². The predicted octanol–water partition coefficient (Wildman–Crippen LogP) is 4.50. The van der Waals surface area contributed by atoms with Gasteiger partial charge in [0.2, 0.25) is 0 Å². The molecule has 0 aliphatic rings. The summed E-state index contributed by atoms with van der Waals surface area (Å²) in [5.74, 6) is -0.400. The first-order chi connectivity index (χ1) is 9.09. The molecule has 0 saturated carbocycles. The van der Waals surface area contributed by atoms with Crippen molar-refractivity contribution < 1.29 is 9.50 Å². The van der Waals surface area contributed by atoms with Crippen molar-refractivity contribution in [2.24, 2.45) is 0 Å². The van der Waals surface area contributed by atoms with Crippen molar-refractivity contribution in [1.82, 2.24) is 0 Å². The fraction of sp³-hybridized carbons (Fsp3) is 0.143. The molecule has 0 aliphatic heterocycles. The number of aliphatic hydroxyl groups is 1. The van der Waals surface area contributed by atoms with Gasteiger partial charge in [-0.25, -0.2) is 4.39 Å². The Morgan fingerprint density at radius 3 is 2.32 bits per heavy atom. The van der Waals surface area contributed by atoms with Gasteiger partial charge >= 0.3 is 0 Å². The molecule has 0 amide bonds. The highest BCUT2D eigenvalue weighted by atomic mass is 79.9. The molecule has 0 bridgehead atoms. The van der Waals surface area contributed by atoms with Crippen LogP contribution in [0.15, 0.2) is 51.4 Å². The summed E-state index contributed by atoms with van der Waals surface area (Å²) in [6.07, 6.45) is -0.903. The maximum Gasteiger partial charge on any atom is 0.129 e. The molecular formula is C14H12Br2FNO. The minimum absolute atomic E-state index is 0.224. The van der Waals surface area contributed by atoms with Crippen molar-refractivity contribution in [3.8, 4) is 0 Å². The van der Waals surface area contributed by atoms with Crippen LogP contribution in [0, 0.1) is 5.82 Å². The lowest BCUT2D eigenvalue weighted by Crippen LogP contribution is -2.14. The molecule has 0 saturated heterocycles. The van der Waals surface area contributed by atoms with Gasteiger partial charge < -0.3 is 10.4 Å². The van der Waals surface area contributed by atoms with Crippen molar-refractivity contribution >= 4 is 37.5 Å². The zero-order chi connectivity index (χ0) is 13.8. The first-order valence-corrected chi connectivity index (χ1v) is 7.28. The van der Waals surface area contributed by atoms with E-state index in [-0.39, 0.29) is 12.1 Å². The first-order valence-electron chi connectivity index (χ1n) is 5.70. The second-order valence-electron chi connectivity index (χ2n) is 4.01. The van der Waals surface area contributed by atoms with Crippen LogP contribution in [0.5, 0.6) is 0 Å². The summed E-state index contributed by atoms with van der Waals surface area (Å²) in [7, 11) is 0. The average Bonchev–Trinajstić information content (AvgIpc) is 2.38. The minimum atomic E-state index is -0.903. The molecule has 1 atom stereocenters. The summed E-state index contributed by atoms with van der Waals surface area (Å²) >= 11 is 6.84. The molecule has 0 spiro atoms. The first kappa shape index (κ1) is 14.5. The highest BCUT2D eigenvalue weighted by Gasteiger charge is 2.13. The summed E-state index contributed by atoms with van der Waals surface area (Å²) in [5.41, 5.74) is 1.12. The van der Waals surface area contributed by atoms with Gasteiger partial charge in [-0.2, -0.15) is 0 Å². The lowest BCUT2D eigenvalue weighted by molar-refractivity contribution is 0.186. The van der Waals surface area contributed by atoms with Gasteiger partial charge in [0.05, 0.1) is 11.8 Å². The average molecular weight is 389 g/mol.